The van der Waals surface area contributed by atoms with E-state index >= 15 is 0 Å². The SMILES string of the molecule is Cl.NC1(CNC(=O)CCl)CCCCC1. The van der Waals surface area contributed by atoms with Crippen molar-refractivity contribution in [3.8, 4) is 0 Å². The van der Waals surface area contributed by atoms with E-state index in [1.807, 2.05) is 0 Å². The first-order chi connectivity index (χ1) is 6.16. The van der Waals surface area contributed by atoms with Crippen molar-refractivity contribution in [2.24, 2.45) is 5.73 Å². The number of carbonyl (C=O) groups excluding carboxylic acids is 1. The van der Waals surface area contributed by atoms with Gasteiger partial charge in [-0.25, -0.2) is 0 Å². The summed E-state index contributed by atoms with van der Waals surface area (Å²) >= 11 is 5.36. The van der Waals surface area contributed by atoms with Gasteiger partial charge < -0.3 is 11.1 Å². The van der Waals surface area contributed by atoms with E-state index in [0.29, 0.717) is 6.54 Å². The number of rotatable bonds is 3. The Balaban J connectivity index is 0.00000169. The predicted octanol–water partition coefficient (Wildman–Crippen LogP) is 1.42. The molecule has 14 heavy (non-hydrogen) atoms. The molecule has 0 bridgehead atoms. The Kier molecular flexibility index (Phi) is 6.49. The van der Waals surface area contributed by atoms with Crippen LogP contribution in [0.3, 0.4) is 0 Å². The number of amides is 1. The molecule has 0 heterocycles. The molecule has 0 spiro atoms. The Hall–Kier alpha value is 0.01000. The van der Waals surface area contributed by atoms with E-state index in [2.05, 4.69) is 5.32 Å². The van der Waals surface area contributed by atoms with Gasteiger partial charge in [-0.3, -0.25) is 4.79 Å². The minimum Gasteiger partial charge on any atom is -0.353 e. The summed E-state index contributed by atoms with van der Waals surface area (Å²) in [4.78, 5) is 10.9. The third-order valence-corrected chi connectivity index (χ3v) is 2.85. The summed E-state index contributed by atoms with van der Waals surface area (Å²) in [7, 11) is 0. The van der Waals surface area contributed by atoms with Gasteiger partial charge in [0.15, 0.2) is 0 Å². The molecule has 3 N–H and O–H groups in total. The molecular formula is C9H18Cl2N2O. The number of nitrogens with two attached hydrogens (primary N) is 1. The highest BCUT2D eigenvalue weighted by atomic mass is 35.5. The molecule has 0 aromatic carbocycles. The molecule has 0 aromatic heterocycles. The Morgan fingerprint density at radius 1 is 1.36 bits per heavy atom. The lowest BCUT2D eigenvalue weighted by Crippen LogP contribution is -2.51. The van der Waals surface area contributed by atoms with Crippen molar-refractivity contribution in [2.45, 2.75) is 37.6 Å². The van der Waals surface area contributed by atoms with Gasteiger partial charge in [0.05, 0.1) is 0 Å². The molecule has 1 aliphatic rings. The van der Waals surface area contributed by atoms with Gasteiger partial charge in [0, 0.05) is 12.1 Å². The van der Waals surface area contributed by atoms with Crippen molar-refractivity contribution >= 4 is 29.9 Å². The quantitative estimate of drug-likeness (QED) is 0.734. The van der Waals surface area contributed by atoms with Crippen molar-refractivity contribution < 1.29 is 4.79 Å². The number of nitrogens with one attached hydrogen (secondary N) is 1. The zero-order valence-corrected chi connectivity index (χ0v) is 9.79. The van der Waals surface area contributed by atoms with Crippen LogP contribution in [-0.2, 0) is 4.79 Å². The highest BCUT2D eigenvalue weighted by Gasteiger charge is 2.27. The van der Waals surface area contributed by atoms with Crippen LogP contribution in [0.4, 0.5) is 0 Å². The van der Waals surface area contributed by atoms with Crippen LogP contribution < -0.4 is 11.1 Å². The largest absolute Gasteiger partial charge is 0.353 e. The minimum absolute atomic E-state index is 0. The summed E-state index contributed by atoms with van der Waals surface area (Å²) in [6.07, 6.45) is 5.63. The van der Waals surface area contributed by atoms with E-state index < -0.39 is 0 Å². The van der Waals surface area contributed by atoms with Gasteiger partial charge in [-0.05, 0) is 12.8 Å². The maximum atomic E-state index is 10.9. The number of halogens is 2. The average Bonchev–Trinajstić information content (AvgIpc) is 2.15. The molecule has 1 saturated carbocycles. The van der Waals surface area contributed by atoms with E-state index in [0.717, 1.165) is 12.8 Å². The molecule has 1 rings (SSSR count). The molecule has 0 radical (unpaired) electrons. The first-order valence-corrected chi connectivity index (χ1v) is 5.31. The Labute approximate surface area is 96.2 Å². The molecule has 0 atom stereocenters. The fraction of sp³-hybridized carbons (Fsp3) is 0.889. The number of hydrogen-bond donors (Lipinski definition) is 2. The smallest absolute Gasteiger partial charge is 0.234 e. The van der Waals surface area contributed by atoms with Gasteiger partial charge in [-0.2, -0.15) is 0 Å². The molecule has 5 heteroatoms. The van der Waals surface area contributed by atoms with Gasteiger partial charge in [0.25, 0.3) is 0 Å². The Morgan fingerprint density at radius 3 is 2.43 bits per heavy atom. The lowest BCUT2D eigenvalue weighted by Gasteiger charge is -2.33. The third kappa shape index (κ3) is 4.49. The zero-order chi connectivity index (χ0) is 9.73. The zero-order valence-electron chi connectivity index (χ0n) is 8.22. The van der Waals surface area contributed by atoms with Crippen molar-refractivity contribution in [2.75, 3.05) is 12.4 Å². The summed E-state index contributed by atoms with van der Waals surface area (Å²) in [6.45, 7) is 0.568. The second-order valence-corrected chi connectivity index (χ2v) is 4.10. The fourth-order valence-electron chi connectivity index (χ4n) is 1.75. The van der Waals surface area contributed by atoms with Crippen molar-refractivity contribution in [1.82, 2.24) is 5.32 Å². The predicted molar refractivity (Wildman–Crippen MR) is 61.0 cm³/mol. The first kappa shape index (κ1) is 14.0. The van der Waals surface area contributed by atoms with Crippen LogP contribution in [0.25, 0.3) is 0 Å². The monoisotopic (exact) mass is 240 g/mol. The molecule has 0 aromatic rings. The van der Waals surface area contributed by atoms with Crippen LogP contribution in [0.1, 0.15) is 32.1 Å². The van der Waals surface area contributed by atoms with E-state index in [4.69, 9.17) is 17.3 Å². The van der Waals surface area contributed by atoms with Gasteiger partial charge in [-0.1, -0.05) is 19.3 Å². The summed E-state index contributed by atoms with van der Waals surface area (Å²) in [5.41, 5.74) is 5.92. The Morgan fingerprint density at radius 2 is 1.93 bits per heavy atom. The molecule has 0 aliphatic heterocycles. The molecule has 0 unspecified atom stereocenters. The lowest BCUT2D eigenvalue weighted by molar-refractivity contribution is -0.119. The normalized spacial score (nSPS) is 19.6. The standard InChI is InChI=1S/C9H17ClN2O.ClH/c10-6-8(13)12-7-9(11)4-2-1-3-5-9;/h1-7,11H2,(H,12,13);1H. The number of alkyl halides is 1. The van der Waals surface area contributed by atoms with Crippen molar-refractivity contribution in [3.63, 3.8) is 0 Å². The summed E-state index contributed by atoms with van der Waals surface area (Å²) in [5.74, 6) is -0.104. The molecule has 1 aliphatic carbocycles. The van der Waals surface area contributed by atoms with E-state index in [-0.39, 0.29) is 29.7 Å². The van der Waals surface area contributed by atoms with Crippen LogP contribution in [0, 0.1) is 0 Å². The lowest BCUT2D eigenvalue weighted by atomic mass is 9.82. The van der Waals surface area contributed by atoms with E-state index in [1.54, 1.807) is 0 Å². The number of carbonyl (C=O) groups is 1. The van der Waals surface area contributed by atoms with E-state index in [9.17, 15) is 4.79 Å². The Bertz CT molecular complexity index is 182. The van der Waals surface area contributed by atoms with Gasteiger partial charge in [-0.15, -0.1) is 24.0 Å². The van der Waals surface area contributed by atoms with Crippen LogP contribution in [0.15, 0.2) is 0 Å². The van der Waals surface area contributed by atoms with Crippen LogP contribution in [0.2, 0.25) is 0 Å². The fourth-order valence-corrected chi connectivity index (χ4v) is 1.85. The van der Waals surface area contributed by atoms with Gasteiger partial charge >= 0.3 is 0 Å². The second kappa shape index (κ2) is 6.49. The van der Waals surface area contributed by atoms with Gasteiger partial charge in [0.1, 0.15) is 5.88 Å². The molecule has 1 amide bonds. The summed E-state index contributed by atoms with van der Waals surface area (Å²) in [6, 6.07) is 0. The molecule has 3 nitrogen and oxygen atoms in total. The van der Waals surface area contributed by atoms with Crippen molar-refractivity contribution in [1.29, 1.82) is 0 Å². The van der Waals surface area contributed by atoms with Crippen molar-refractivity contribution in [3.05, 3.63) is 0 Å². The van der Waals surface area contributed by atoms with Gasteiger partial charge in [0.2, 0.25) is 5.91 Å². The van der Waals surface area contributed by atoms with Crippen LogP contribution in [-0.4, -0.2) is 23.9 Å². The average molecular weight is 241 g/mol. The molecule has 0 saturated heterocycles. The maximum absolute atomic E-state index is 10.9. The molecular weight excluding hydrogens is 223 g/mol. The van der Waals surface area contributed by atoms with Crippen LogP contribution in [0.5, 0.6) is 0 Å². The first-order valence-electron chi connectivity index (χ1n) is 4.78. The molecule has 1 fully saturated rings. The number of hydrogen-bond acceptors (Lipinski definition) is 2. The second-order valence-electron chi connectivity index (χ2n) is 3.83. The maximum Gasteiger partial charge on any atom is 0.234 e. The summed E-state index contributed by atoms with van der Waals surface area (Å²) in [5, 5.41) is 2.75. The third-order valence-electron chi connectivity index (χ3n) is 2.61. The highest BCUT2D eigenvalue weighted by Crippen LogP contribution is 2.24. The highest BCUT2D eigenvalue weighted by molar-refractivity contribution is 6.27. The minimum atomic E-state index is -0.181. The topological polar surface area (TPSA) is 55.1 Å². The van der Waals surface area contributed by atoms with E-state index in [1.165, 1.54) is 19.3 Å². The molecule has 84 valence electrons. The van der Waals surface area contributed by atoms with Crippen LogP contribution >= 0.6 is 24.0 Å². The summed E-state index contributed by atoms with van der Waals surface area (Å²) < 4.78 is 0.